The van der Waals surface area contributed by atoms with Gasteiger partial charge in [-0.05, 0) is 30.0 Å². The van der Waals surface area contributed by atoms with E-state index in [1.54, 1.807) is 0 Å². The molecule has 1 aromatic heterocycles. The fraction of sp³-hybridized carbons (Fsp3) is 0.400. The van der Waals surface area contributed by atoms with Crippen LogP contribution in [0, 0.1) is 5.92 Å². The zero-order valence-electron chi connectivity index (χ0n) is 10.6. The van der Waals surface area contributed by atoms with Gasteiger partial charge in [0.1, 0.15) is 0 Å². The van der Waals surface area contributed by atoms with Crippen LogP contribution >= 0.6 is 0 Å². The smallest absolute Gasteiger partial charge is 0.0705 e. The molecule has 2 rings (SSSR count). The Balaban J connectivity index is 2.34. The van der Waals surface area contributed by atoms with E-state index in [9.17, 15) is 0 Å². The highest BCUT2D eigenvalue weighted by Crippen LogP contribution is 2.26. The summed E-state index contributed by atoms with van der Waals surface area (Å²) < 4.78 is 0. The summed E-state index contributed by atoms with van der Waals surface area (Å²) in [4.78, 5) is 4.37. The van der Waals surface area contributed by atoms with E-state index < -0.39 is 0 Å². The number of rotatable bonds is 4. The molecule has 0 spiro atoms. The first kappa shape index (κ1) is 12.1. The summed E-state index contributed by atoms with van der Waals surface area (Å²) in [6.45, 7) is 4.46. The zero-order chi connectivity index (χ0) is 12.3. The summed E-state index contributed by atoms with van der Waals surface area (Å²) in [5.74, 6) is 0.664. The zero-order valence-corrected chi connectivity index (χ0v) is 10.6. The lowest BCUT2D eigenvalue weighted by Gasteiger charge is -2.17. The number of hydrogen-bond acceptors (Lipinski definition) is 2. The molecular formula is C15H20N2. The Labute approximate surface area is 103 Å². The number of nitrogens with two attached hydrogens (primary N) is 1. The van der Waals surface area contributed by atoms with E-state index in [1.165, 1.54) is 17.4 Å². The molecule has 1 heterocycles. The second-order valence-corrected chi connectivity index (χ2v) is 4.77. The van der Waals surface area contributed by atoms with Crippen molar-refractivity contribution in [1.29, 1.82) is 0 Å². The Morgan fingerprint density at radius 3 is 2.76 bits per heavy atom. The lowest BCUT2D eigenvalue weighted by molar-refractivity contribution is 0.462. The van der Waals surface area contributed by atoms with Gasteiger partial charge >= 0.3 is 0 Å². The van der Waals surface area contributed by atoms with E-state index in [2.05, 4.69) is 31.0 Å². The maximum atomic E-state index is 6.31. The molecule has 0 fully saturated rings. The molecule has 0 aliphatic heterocycles. The van der Waals surface area contributed by atoms with Crippen molar-refractivity contribution in [3.8, 4) is 0 Å². The van der Waals surface area contributed by atoms with Crippen molar-refractivity contribution in [2.24, 2.45) is 11.7 Å². The Morgan fingerprint density at radius 2 is 2.00 bits per heavy atom. The Hall–Kier alpha value is -1.41. The normalized spacial score (nSPS) is 14.8. The predicted octanol–water partition coefficient (Wildman–Crippen LogP) is 3.67. The Bertz CT molecular complexity index is 488. The van der Waals surface area contributed by atoms with Crippen molar-refractivity contribution < 1.29 is 0 Å². The molecule has 2 aromatic rings. The third-order valence-electron chi connectivity index (χ3n) is 3.44. The second kappa shape index (κ2) is 5.28. The molecule has 0 saturated heterocycles. The number of hydrogen-bond donors (Lipinski definition) is 1. The molecule has 0 aliphatic carbocycles. The minimum absolute atomic E-state index is 0.109. The van der Waals surface area contributed by atoms with Crippen LogP contribution in [0.3, 0.4) is 0 Å². The molecule has 2 N–H and O–H groups in total. The number of nitrogens with zero attached hydrogens (tertiary/aromatic N) is 1. The van der Waals surface area contributed by atoms with Crippen molar-refractivity contribution in [1.82, 2.24) is 4.98 Å². The van der Waals surface area contributed by atoms with Gasteiger partial charge in [0.05, 0.1) is 5.52 Å². The fourth-order valence-electron chi connectivity index (χ4n) is 2.17. The molecule has 0 amide bonds. The molecule has 2 atom stereocenters. The molecule has 2 heteroatoms. The van der Waals surface area contributed by atoms with Gasteiger partial charge in [0.25, 0.3) is 0 Å². The molecule has 2 unspecified atom stereocenters. The van der Waals surface area contributed by atoms with Crippen molar-refractivity contribution in [2.45, 2.75) is 32.7 Å². The van der Waals surface area contributed by atoms with Crippen LogP contribution in [-0.4, -0.2) is 4.98 Å². The first-order chi connectivity index (χ1) is 8.22. The minimum Gasteiger partial charge on any atom is -0.324 e. The van der Waals surface area contributed by atoms with Gasteiger partial charge in [-0.15, -0.1) is 0 Å². The molecule has 0 aliphatic rings. The second-order valence-electron chi connectivity index (χ2n) is 4.77. The average molecular weight is 228 g/mol. The van der Waals surface area contributed by atoms with E-state index in [-0.39, 0.29) is 6.04 Å². The van der Waals surface area contributed by atoms with Gasteiger partial charge in [0.15, 0.2) is 0 Å². The fourth-order valence-corrected chi connectivity index (χ4v) is 2.17. The Kier molecular flexibility index (Phi) is 3.75. The van der Waals surface area contributed by atoms with Gasteiger partial charge in [0.2, 0.25) is 0 Å². The van der Waals surface area contributed by atoms with Crippen LogP contribution in [0.25, 0.3) is 10.9 Å². The number of pyridine rings is 1. The Morgan fingerprint density at radius 1 is 1.24 bits per heavy atom. The lowest BCUT2D eigenvalue weighted by atomic mass is 9.93. The third-order valence-corrected chi connectivity index (χ3v) is 3.44. The molecule has 0 bridgehead atoms. The SMILES string of the molecule is CCC(C)CC(N)c1ccnc2ccccc12. The summed E-state index contributed by atoms with van der Waals surface area (Å²) in [7, 11) is 0. The van der Waals surface area contributed by atoms with Gasteiger partial charge < -0.3 is 5.73 Å². The molecule has 90 valence electrons. The van der Waals surface area contributed by atoms with Crippen LogP contribution in [0.2, 0.25) is 0 Å². The van der Waals surface area contributed by atoms with Crippen molar-refractivity contribution in [2.75, 3.05) is 0 Å². The van der Waals surface area contributed by atoms with Crippen molar-refractivity contribution >= 4 is 10.9 Å². The number of para-hydroxylation sites is 1. The van der Waals surface area contributed by atoms with Crippen molar-refractivity contribution in [3.05, 3.63) is 42.1 Å². The first-order valence-corrected chi connectivity index (χ1v) is 6.31. The van der Waals surface area contributed by atoms with Crippen LogP contribution < -0.4 is 5.73 Å². The van der Waals surface area contributed by atoms with Crippen LogP contribution in [0.1, 0.15) is 38.3 Å². The van der Waals surface area contributed by atoms with Crippen LogP contribution in [0.4, 0.5) is 0 Å². The number of aromatic nitrogens is 1. The standard InChI is InChI=1S/C15H20N2/c1-3-11(2)10-14(16)12-8-9-17-15-7-5-4-6-13(12)15/h4-9,11,14H,3,10,16H2,1-2H3. The largest absolute Gasteiger partial charge is 0.324 e. The highest BCUT2D eigenvalue weighted by atomic mass is 14.7. The van der Waals surface area contributed by atoms with Gasteiger partial charge in [-0.1, -0.05) is 38.5 Å². The molecule has 17 heavy (non-hydrogen) atoms. The average Bonchev–Trinajstić information content (AvgIpc) is 2.37. The molecule has 0 saturated carbocycles. The molecular weight excluding hydrogens is 208 g/mol. The summed E-state index contributed by atoms with van der Waals surface area (Å²) >= 11 is 0. The summed E-state index contributed by atoms with van der Waals surface area (Å²) in [6, 6.07) is 10.4. The van der Waals surface area contributed by atoms with E-state index in [4.69, 9.17) is 5.73 Å². The highest BCUT2D eigenvalue weighted by Gasteiger charge is 2.12. The first-order valence-electron chi connectivity index (χ1n) is 6.31. The van der Waals surface area contributed by atoms with Crippen molar-refractivity contribution in [3.63, 3.8) is 0 Å². The van der Waals surface area contributed by atoms with E-state index in [0.29, 0.717) is 5.92 Å². The van der Waals surface area contributed by atoms with Crippen LogP contribution in [-0.2, 0) is 0 Å². The van der Waals surface area contributed by atoms with E-state index >= 15 is 0 Å². The summed E-state index contributed by atoms with van der Waals surface area (Å²) in [5, 5.41) is 1.19. The third kappa shape index (κ3) is 2.64. The number of fused-ring (bicyclic) bond motifs is 1. The molecule has 1 aromatic carbocycles. The summed E-state index contributed by atoms with van der Waals surface area (Å²) in [5.41, 5.74) is 8.56. The molecule has 2 nitrogen and oxygen atoms in total. The highest BCUT2D eigenvalue weighted by molar-refractivity contribution is 5.82. The van der Waals surface area contributed by atoms with Gasteiger partial charge in [-0.25, -0.2) is 0 Å². The maximum absolute atomic E-state index is 6.31. The van der Waals surface area contributed by atoms with E-state index in [0.717, 1.165) is 11.9 Å². The van der Waals surface area contributed by atoms with Gasteiger partial charge in [-0.2, -0.15) is 0 Å². The topological polar surface area (TPSA) is 38.9 Å². The van der Waals surface area contributed by atoms with Crippen LogP contribution in [0.15, 0.2) is 36.5 Å². The van der Waals surface area contributed by atoms with E-state index in [1.807, 2.05) is 24.4 Å². The minimum atomic E-state index is 0.109. The number of benzene rings is 1. The van der Waals surface area contributed by atoms with Gasteiger partial charge in [-0.3, -0.25) is 4.98 Å². The van der Waals surface area contributed by atoms with Crippen LogP contribution in [0.5, 0.6) is 0 Å². The predicted molar refractivity (Wildman–Crippen MR) is 72.7 cm³/mol. The monoisotopic (exact) mass is 228 g/mol. The maximum Gasteiger partial charge on any atom is 0.0705 e. The quantitative estimate of drug-likeness (QED) is 0.867. The van der Waals surface area contributed by atoms with Gasteiger partial charge in [0, 0.05) is 17.6 Å². The molecule has 0 radical (unpaired) electrons. The summed E-state index contributed by atoms with van der Waals surface area (Å²) in [6.07, 6.45) is 4.06. The lowest BCUT2D eigenvalue weighted by Crippen LogP contribution is -2.14.